The number of benzene rings is 12. The highest BCUT2D eigenvalue weighted by molar-refractivity contribution is 6.00. The SMILES string of the molecule is CC(C)(C)c1ccc2c(c1)C1(c3ccccc3-c3ccccc31)c1cc(-c3nc(-c4ccc5c(c4)C4(c6ccccc6-c6ccccc64)c4cc(C(C)(C)C)ccc4-5)nc(-c4ccc5c(c4)C4(c6ccccc6-c6ccccc64)c4cc(C(C)(C)C)ccc4-5)n3)ccc1-2. The van der Waals surface area contributed by atoms with E-state index < -0.39 is 16.2 Å². The van der Waals surface area contributed by atoms with Gasteiger partial charge in [-0.05, 0) is 185 Å². The minimum atomic E-state index is -0.581. The fourth-order valence-electron chi connectivity index (χ4n) is 18.0. The summed E-state index contributed by atoms with van der Waals surface area (Å²) < 4.78 is 0. The third-order valence-electron chi connectivity index (χ3n) is 22.3. The molecule has 0 fully saturated rings. The molecule has 444 valence electrons. The third kappa shape index (κ3) is 7.02. The van der Waals surface area contributed by atoms with Crippen molar-refractivity contribution >= 4 is 0 Å². The van der Waals surface area contributed by atoms with E-state index in [4.69, 9.17) is 15.0 Å². The Bertz CT molecular complexity index is 4790. The predicted molar refractivity (Wildman–Crippen MR) is 381 cm³/mol. The van der Waals surface area contributed by atoms with Crippen LogP contribution in [0, 0.1) is 0 Å². The van der Waals surface area contributed by atoms with Crippen molar-refractivity contribution in [3.8, 4) is 101 Å². The summed E-state index contributed by atoms with van der Waals surface area (Å²) >= 11 is 0. The molecule has 3 heteroatoms. The Balaban J connectivity index is 0.875. The Morgan fingerprint density at radius 1 is 0.194 bits per heavy atom. The minimum absolute atomic E-state index is 0.0642. The van der Waals surface area contributed by atoms with E-state index in [2.05, 4.69) is 317 Å². The molecule has 0 saturated heterocycles. The molecule has 0 amide bonds. The summed E-state index contributed by atoms with van der Waals surface area (Å²) in [6.45, 7) is 21.0. The largest absolute Gasteiger partial charge is 0.208 e. The number of aromatic nitrogens is 3. The van der Waals surface area contributed by atoms with E-state index in [1.165, 1.54) is 150 Å². The lowest BCUT2D eigenvalue weighted by molar-refractivity contribution is 0.588. The normalized spacial score (nSPS) is 15.2. The van der Waals surface area contributed by atoms with E-state index in [9.17, 15) is 0 Å². The molecule has 0 N–H and O–H groups in total. The second kappa shape index (κ2) is 18.5. The van der Waals surface area contributed by atoms with Gasteiger partial charge in [-0.2, -0.15) is 0 Å². The lowest BCUT2D eigenvalue weighted by Crippen LogP contribution is -2.26. The molecule has 12 aromatic carbocycles. The molecule has 0 radical (unpaired) electrons. The molecule has 93 heavy (non-hydrogen) atoms. The van der Waals surface area contributed by atoms with Crippen LogP contribution < -0.4 is 0 Å². The van der Waals surface area contributed by atoms with Gasteiger partial charge in [0.15, 0.2) is 17.5 Å². The van der Waals surface area contributed by atoms with Gasteiger partial charge in [-0.15, -0.1) is 0 Å². The Labute approximate surface area is 545 Å². The first-order valence-corrected chi connectivity index (χ1v) is 33.2. The Morgan fingerprint density at radius 2 is 0.376 bits per heavy atom. The average Bonchev–Trinajstić information content (AvgIpc) is 1.53. The molecule has 1 aromatic heterocycles. The summed E-state index contributed by atoms with van der Waals surface area (Å²) in [7, 11) is 0. The van der Waals surface area contributed by atoms with Crippen LogP contribution in [0.1, 0.15) is 146 Å². The van der Waals surface area contributed by atoms with Crippen molar-refractivity contribution in [2.45, 2.75) is 94.8 Å². The summed E-state index contributed by atoms with van der Waals surface area (Å²) in [4.78, 5) is 17.4. The van der Waals surface area contributed by atoms with Crippen molar-refractivity contribution < 1.29 is 0 Å². The first-order valence-electron chi connectivity index (χ1n) is 33.2. The Kier molecular flexibility index (Phi) is 10.8. The minimum Gasteiger partial charge on any atom is -0.208 e. The summed E-state index contributed by atoms with van der Waals surface area (Å²) in [6.07, 6.45) is 0. The Morgan fingerprint density at radius 3 is 0.591 bits per heavy atom. The van der Waals surface area contributed by atoms with Crippen molar-refractivity contribution in [3.63, 3.8) is 0 Å². The molecule has 13 aromatic rings. The van der Waals surface area contributed by atoms with Crippen LogP contribution in [-0.2, 0) is 32.5 Å². The van der Waals surface area contributed by atoms with Crippen LogP contribution in [0.4, 0.5) is 0 Å². The van der Waals surface area contributed by atoms with Crippen LogP contribution in [0.3, 0.4) is 0 Å². The van der Waals surface area contributed by atoms with E-state index >= 15 is 0 Å². The molecule has 0 aliphatic heterocycles. The van der Waals surface area contributed by atoms with Gasteiger partial charge < -0.3 is 0 Å². The molecule has 0 atom stereocenters. The summed E-state index contributed by atoms with van der Waals surface area (Å²) in [6, 6.07) is 97.7. The van der Waals surface area contributed by atoms with Crippen LogP contribution in [-0.4, -0.2) is 15.0 Å². The van der Waals surface area contributed by atoms with E-state index in [0.717, 1.165) is 16.7 Å². The van der Waals surface area contributed by atoms with Crippen molar-refractivity contribution in [3.05, 3.63) is 338 Å². The van der Waals surface area contributed by atoms with Crippen molar-refractivity contribution in [2.24, 2.45) is 0 Å². The zero-order valence-corrected chi connectivity index (χ0v) is 54.1. The molecule has 1 heterocycles. The van der Waals surface area contributed by atoms with Gasteiger partial charge in [0.1, 0.15) is 0 Å². The molecular weight excluding hydrogens is 1120 g/mol. The molecular formula is C90H69N3. The Hall–Kier alpha value is -10.4. The van der Waals surface area contributed by atoms with Gasteiger partial charge in [-0.3, -0.25) is 0 Å². The van der Waals surface area contributed by atoms with Gasteiger partial charge in [-0.1, -0.05) is 299 Å². The van der Waals surface area contributed by atoms with Crippen molar-refractivity contribution in [1.82, 2.24) is 15.0 Å². The maximum Gasteiger partial charge on any atom is 0.164 e. The van der Waals surface area contributed by atoms with Crippen LogP contribution in [0.15, 0.2) is 255 Å². The standard InChI is InChI=1S/C90H69N3/c1-85(2,3)55-37-43-67-64-40-34-52(46-76(64)88(79(67)49-55)70-28-16-10-22-58(70)59-23-11-17-29-71(59)88)82-91-83(53-35-41-65-68-44-38-56(86(4,5)6)50-80(68)89(77(65)47-53)72-30-18-12-24-60(72)61-25-13-19-31-73(61)89)93-84(92-82)54-36-42-66-69-45-39-57(87(7,8)9)51-81(69)90(78(66)48-54)74-32-20-14-26-62(74)63-27-15-21-33-75(63)90/h10-51H,1-9H3. The van der Waals surface area contributed by atoms with E-state index in [0.29, 0.717) is 17.5 Å². The van der Waals surface area contributed by atoms with Gasteiger partial charge in [0.05, 0.1) is 16.2 Å². The van der Waals surface area contributed by atoms with Crippen LogP contribution >= 0.6 is 0 Å². The monoisotopic (exact) mass is 1190 g/mol. The maximum atomic E-state index is 5.79. The fourth-order valence-corrected chi connectivity index (χ4v) is 18.0. The quantitative estimate of drug-likeness (QED) is 0.177. The van der Waals surface area contributed by atoms with Gasteiger partial charge in [0.2, 0.25) is 0 Å². The molecule has 0 unspecified atom stereocenters. The summed E-state index contributed by atoms with van der Waals surface area (Å²) in [5.74, 6) is 1.90. The van der Waals surface area contributed by atoms with Crippen LogP contribution in [0.25, 0.3) is 101 Å². The number of nitrogens with zero attached hydrogens (tertiary/aromatic N) is 3. The number of fused-ring (bicyclic) bond motifs is 30. The second-order valence-corrected chi connectivity index (χ2v) is 30.1. The van der Waals surface area contributed by atoms with E-state index in [1.807, 2.05) is 0 Å². The van der Waals surface area contributed by atoms with E-state index in [1.54, 1.807) is 0 Å². The topological polar surface area (TPSA) is 38.7 Å². The average molecular weight is 1190 g/mol. The van der Waals surface area contributed by atoms with Crippen LogP contribution in [0.2, 0.25) is 0 Å². The lowest BCUT2D eigenvalue weighted by atomic mass is 9.69. The molecule has 0 saturated carbocycles. The number of hydrogen-bond donors (Lipinski definition) is 0. The van der Waals surface area contributed by atoms with E-state index in [-0.39, 0.29) is 16.2 Å². The number of rotatable bonds is 3. The smallest absolute Gasteiger partial charge is 0.164 e. The van der Waals surface area contributed by atoms with Crippen LogP contribution in [0.5, 0.6) is 0 Å². The lowest BCUT2D eigenvalue weighted by Gasteiger charge is -2.32. The molecule has 3 nitrogen and oxygen atoms in total. The highest BCUT2D eigenvalue weighted by atomic mass is 15.0. The highest BCUT2D eigenvalue weighted by Crippen LogP contribution is 2.67. The first kappa shape index (κ1) is 54.4. The van der Waals surface area contributed by atoms with Gasteiger partial charge >= 0.3 is 0 Å². The predicted octanol–water partition coefficient (Wildman–Crippen LogP) is 21.8. The third-order valence-corrected chi connectivity index (χ3v) is 22.3. The zero-order chi connectivity index (χ0) is 62.9. The number of hydrogen-bond acceptors (Lipinski definition) is 3. The zero-order valence-electron chi connectivity index (χ0n) is 54.1. The van der Waals surface area contributed by atoms with Crippen molar-refractivity contribution in [2.75, 3.05) is 0 Å². The first-order chi connectivity index (χ1) is 45.0. The van der Waals surface area contributed by atoms with Gasteiger partial charge in [-0.25, -0.2) is 15.0 Å². The second-order valence-electron chi connectivity index (χ2n) is 30.1. The molecule has 19 rings (SSSR count). The highest BCUT2D eigenvalue weighted by Gasteiger charge is 2.55. The summed E-state index contributed by atoms with van der Waals surface area (Å²) in [5.41, 5.74) is 35.6. The molecule has 3 spiro atoms. The molecule has 0 bridgehead atoms. The summed E-state index contributed by atoms with van der Waals surface area (Å²) in [5, 5.41) is 0. The van der Waals surface area contributed by atoms with Gasteiger partial charge in [0.25, 0.3) is 0 Å². The molecule has 6 aliphatic carbocycles. The maximum absolute atomic E-state index is 5.79. The van der Waals surface area contributed by atoms with Gasteiger partial charge in [0, 0.05) is 16.7 Å². The molecule has 6 aliphatic rings. The fraction of sp³-hybridized carbons (Fsp3) is 0.167. The van der Waals surface area contributed by atoms with Crippen molar-refractivity contribution in [1.29, 1.82) is 0 Å².